The van der Waals surface area contributed by atoms with Crippen molar-refractivity contribution in [3.63, 3.8) is 0 Å². The number of aliphatic hydroxyl groups is 2. The van der Waals surface area contributed by atoms with Crippen molar-refractivity contribution in [1.82, 2.24) is 19.6 Å². The number of imide groups is 1. The fourth-order valence-electron chi connectivity index (χ4n) is 4.93. The number of nitrogens with zero attached hydrogens (tertiary/aromatic N) is 4. The first-order chi connectivity index (χ1) is 16.2. The summed E-state index contributed by atoms with van der Waals surface area (Å²) in [5.41, 5.74) is -1.13. The monoisotopic (exact) mass is 512 g/mol. The Morgan fingerprint density at radius 1 is 0.771 bits per heavy atom. The molecule has 2 atom stereocenters. The summed E-state index contributed by atoms with van der Waals surface area (Å²) in [7, 11) is 0. The Hall–Kier alpha value is -1.78. The summed E-state index contributed by atoms with van der Waals surface area (Å²) in [5.74, 6) is -0.191. The van der Waals surface area contributed by atoms with Gasteiger partial charge in [0, 0.05) is 24.2 Å². The van der Waals surface area contributed by atoms with E-state index in [0.717, 1.165) is 0 Å². The molecule has 2 saturated heterocycles. The zero-order valence-electron chi connectivity index (χ0n) is 22.2. The Labute approximate surface area is 215 Å². The van der Waals surface area contributed by atoms with Crippen molar-refractivity contribution in [3.8, 4) is 0 Å². The first-order valence-electron chi connectivity index (χ1n) is 12.8. The van der Waals surface area contributed by atoms with E-state index < -0.39 is 23.3 Å². The third-order valence-corrected chi connectivity index (χ3v) is 7.74. The zero-order valence-corrected chi connectivity index (χ0v) is 23.1. The second-order valence-electron chi connectivity index (χ2n) is 11.0. The van der Waals surface area contributed by atoms with Gasteiger partial charge in [0.1, 0.15) is 6.54 Å². The number of amides is 4. The maximum absolute atomic E-state index is 12.5. The molecule has 0 bridgehead atoms. The second-order valence-corrected chi connectivity index (χ2v) is 11.4. The smallest absolute Gasteiger partial charge is 0.327 e. The normalized spacial score (nSPS) is 19.4. The number of rotatable bonds is 14. The molecule has 200 valence electrons. The van der Waals surface area contributed by atoms with E-state index in [1.54, 1.807) is 4.90 Å². The highest BCUT2D eigenvalue weighted by molar-refractivity contribution is 7.80. The molecule has 2 unspecified atom stereocenters. The molecule has 0 radical (unpaired) electrons. The second kappa shape index (κ2) is 12.0. The maximum Gasteiger partial charge on any atom is 0.327 e. The maximum atomic E-state index is 12.5. The lowest BCUT2D eigenvalue weighted by molar-refractivity contribution is -0.129. The molecule has 0 aliphatic carbocycles. The molecule has 2 fully saturated rings. The number of likely N-dealkylation sites (N-methyl/N-ethyl adjacent to an activating group) is 2. The fourth-order valence-corrected chi connectivity index (χ4v) is 5.47. The van der Waals surface area contributed by atoms with Crippen molar-refractivity contribution in [1.29, 1.82) is 0 Å². The zero-order chi connectivity index (χ0) is 26.6. The number of aliphatic hydroxyl groups excluding tert-OH is 2. The lowest BCUT2D eigenvalue weighted by atomic mass is 9.91. The van der Waals surface area contributed by atoms with Crippen LogP contribution in [0.3, 0.4) is 0 Å². The summed E-state index contributed by atoms with van der Waals surface area (Å²) < 4.78 is 0. The van der Waals surface area contributed by atoms with Crippen LogP contribution in [-0.4, -0.2) is 102 Å². The van der Waals surface area contributed by atoms with Gasteiger partial charge in [0.05, 0.1) is 18.8 Å². The van der Waals surface area contributed by atoms with Crippen molar-refractivity contribution in [2.24, 2.45) is 0 Å². The Balaban J connectivity index is 1.73. The van der Waals surface area contributed by atoms with Crippen LogP contribution in [0.1, 0.15) is 86.5 Å². The van der Waals surface area contributed by atoms with Crippen molar-refractivity contribution in [2.75, 3.05) is 26.2 Å². The van der Waals surface area contributed by atoms with Crippen LogP contribution in [0.4, 0.5) is 4.79 Å². The first kappa shape index (κ1) is 29.5. The van der Waals surface area contributed by atoms with Gasteiger partial charge < -0.3 is 20.0 Å². The molecule has 9 nitrogen and oxygen atoms in total. The topological polar surface area (TPSA) is 105 Å². The van der Waals surface area contributed by atoms with Gasteiger partial charge in [-0.15, -0.1) is 0 Å². The Morgan fingerprint density at radius 2 is 1.20 bits per heavy atom. The highest BCUT2D eigenvalue weighted by Crippen LogP contribution is 2.29. The standard InChI is InChI=1S/C25H44N4O5S/c1-7-26-16-20(32)28(22(26)34)24(3,4)14-12-18(30)10-9-11-19(31)13-15-25(5,6)29-21(33)17-27(8-2)23(29)35/h18-19,30-31H,7-17H2,1-6H3. The van der Waals surface area contributed by atoms with E-state index in [1.165, 1.54) is 9.80 Å². The molecule has 0 aromatic carbocycles. The van der Waals surface area contributed by atoms with Gasteiger partial charge in [-0.1, -0.05) is 0 Å². The summed E-state index contributed by atoms with van der Waals surface area (Å²) in [6.45, 7) is 13.1. The van der Waals surface area contributed by atoms with Crippen LogP contribution >= 0.6 is 12.2 Å². The van der Waals surface area contributed by atoms with Crippen molar-refractivity contribution in [2.45, 2.75) is 110 Å². The molecule has 0 aromatic rings. The molecule has 2 rings (SSSR count). The van der Waals surface area contributed by atoms with Gasteiger partial charge in [0.25, 0.3) is 5.91 Å². The largest absolute Gasteiger partial charge is 0.393 e. The van der Waals surface area contributed by atoms with Gasteiger partial charge in [-0.2, -0.15) is 0 Å². The minimum atomic E-state index is -0.662. The number of hydrogen-bond donors (Lipinski definition) is 2. The average Bonchev–Trinajstić information content (AvgIpc) is 3.24. The third-order valence-electron chi connectivity index (χ3n) is 7.30. The van der Waals surface area contributed by atoms with E-state index in [-0.39, 0.29) is 24.4 Å². The van der Waals surface area contributed by atoms with E-state index in [0.29, 0.717) is 69.7 Å². The summed E-state index contributed by atoms with van der Waals surface area (Å²) in [6.07, 6.45) is 2.84. The predicted octanol–water partition coefficient (Wildman–Crippen LogP) is 2.73. The molecule has 2 aliphatic rings. The number of thiocarbonyl (C=S) groups is 1. The molecule has 0 saturated carbocycles. The summed E-state index contributed by atoms with van der Waals surface area (Å²) in [6, 6.07) is -0.262. The molecule has 35 heavy (non-hydrogen) atoms. The van der Waals surface area contributed by atoms with Gasteiger partial charge in [0.15, 0.2) is 5.11 Å². The minimum Gasteiger partial charge on any atom is -0.393 e. The SMILES string of the molecule is CCN1CC(=O)N(C(C)(C)CCC(O)CCCC(O)CCC(C)(C)N2C(=O)CN(CC)C2=S)C1=O. The molecular formula is C25H44N4O5S. The van der Waals surface area contributed by atoms with Crippen LogP contribution in [0, 0.1) is 0 Å². The van der Waals surface area contributed by atoms with Crippen molar-refractivity contribution < 1.29 is 24.6 Å². The van der Waals surface area contributed by atoms with Gasteiger partial charge in [0.2, 0.25) is 5.91 Å². The van der Waals surface area contributed by atoms with E-state index in [1.807, 2.05) is 46.4 Å². The summed E-state index contributed by atoms with van der Waals surface area (Å²) in [4.78, 5) is 43.6. The lowest BCUT2D eigenvalue weighted by Gasteiger charge is -2.36. The van der Waals surface area contributed by atoms with E-state index in [9.17, 15) is 24.6 Å². The highest BCUT2D eigenvalue weighted by Gasteiger charge is 2.44. The molecule has 2 N–H and O–H groups in total. The third kappa shape index (κ3) is 7.13. The Bertz CT molecular complexity index is 739. The van der Waals surface area contributed by atoms with Crippen molar-refractivity contribution in [3.05, 3.63) is 0 Å². The van der Waals surface area contributed by atoms with Crippen LogP contribution in [0.5, 0.6) is 0 Å². The molecule has 4 amide bonds. The fraction of sp³-hybridized carbons (Fsp3) is 0.840. The highest BCUT2D eigenvalue weighted by atomic mass is 32.1. The molecule has 2 heterocycles. The molecule has 2 aliphatic heterocycles. The van der Waals surface area contributed by atoms with Gasteiger partial charge in [-0.3, -0.25) is 19.4 Å². The quantitative estimate of drug-likeness (QED) is 0.272. The van der Waals surface area contributed by atoms with Crippen LogP contribution in [0.15, 0.2) is 0 Å². The van der Waals surface area contributed by atoms with E-state index in [2.05, 4.69) is 0 Å². The molecule has 10 heteroatoms. The molecule has 0 spiro atoms. The molecule has 0 aromatic heterocycles. The van der Waals surface area contributed by atoms with Crippen LogP contribution in [0.25, 0.3) is 0 Å². The van der Waals surface area contributed by atoms with Gasteiger partial charge in [-0.25, -0.2) is 4.79 Å². The van der Waals surface area contributed by atoms with Crippen LogP contribution in [0.2, 0.25) is 0 Å². The predicted molar refractivity (Wildman–Crippen MR) is 139 cm³/mol. The van der Waals surface area contributed by atoms with Gasteiger partial charge in [-0.05, 0) is 98.7 Å². The average molecular weight is 513 g/mol. The molecular weight excluding hydrogens is 468 g/mol. The summed E-state index contributed by atoms with van der Waals surface area (Å²) in [5, 5.41) is 21.5. The van der Waals surface area contributed by atoms with Crippen molar-refractivity contribution >= 4 is 35.2 Å². The number of carbonyl (C=O) groups is 3. The first-order valence-corrected chi connectivity index (χ1v) is 13.3. The van der Waals surface area contributed by atoms with Gasteiger partial charge >= 0.3 is 6.03 Å². The number of urea groups is 1. The number of hydrogen-bond acceptors (Lipinski definition) is 6. The van der Waals surface area contributed by atoms with Crippen LogP contribution < -0.4 is 0 Å². The minimum absolute atomic E-state index is 0.00196. The van der Waals surface area contributed by atoms with E-state index >= 15 is 0 Å². The van der Waals surface area contributed by atoms with Crippen LogP contribution in [-0.2, 0) is 9.59 Å². The summed E-state index contributed by atoms with van der Waals surface area (Å²) >= 11 is 5.47. The Kier molecular flexibility index (Phi) is 10.1. The Morgan fingerprint density at radius 3 is 1.63 bits per heavy atom. The lowest BCUT2D eigenvalue weighted by Crippen LogP contribution is -2.48. The van der Waals surface area contributed by atoms with E-state index in [4.69, 9.17) is 12.2 Å². The number of carbonyl (C=O) groups excluding carboxylic acids is 3.